The van der Waals surface area contributed by atoms with Gasteiger partial charge in [-0.25, -0.2) is 4.98 Å². The smallest absolute Gasteiger partial charge is 0.185 e. The standard InChI is InChI=1S/C15H25N3S/c1-3-15(2)6-8-18(9-7-15)14-17-11-13(19-14)10-16-12-4-5-12/h11-12,16H,3-10H2,1-2H3. The number of nitrogens with one attached hydrogen (secondary N) is 1. The van der Waals surface area contributed by atoms with E-state index in [1.807, 2.05) is 11.3 Å². The number of rotatable bonds is 5. The van der Waals surface area contributed by atoms with Gasteiger partial charge in [0.1, 0.15) is 0 Å². The molecule has 1 aromatic rings. The molecule has 1 saturated carbocycles. The molecule has 0 spiro atoms. The van der Waals surface area contributed by atoms with E-state index in [-0.39, 0.29) is 0 Å². The quantitative estimate of drug-likeness (QED) is 0.895. The zero-order chi connectivity index (χ0) is 13.3. The summed E-state index contributed by atoms with van der Waals surface area (Å²) in [7, 11) is 0. The van der Waals surface area contributed by atoms with Crippen molar-refractivity contribution in [2.45, 2.75) is 58.5 Å². The maximum atomic E-state index is 4.62. The van der Waals surface area contributed by atoms with E-state index < -0.39 is 0 Å². The molecule has 1 aliphatic heterocycles. The van der Waals surface area contributed by atoms with E-state index in [9.17, 15) is 0 Å². The third-order valence-electron chi connectivity index (χ3n) is 4.78. The molecule has 3 nitrogen and oxygen atoms in total. The first-order valence-corrected chi connectivity index (χ1v) is 8.43. The lowest BCUT2D eigenvalue weighted by Crippen LogP contribution is -2.38. The second kappa shape index (κ2) is 5.41. The van der Waals surface area contributed by atoms with Crippen LogP contribution in [0.2, 0.25) is 0 Å². The van der Waals surface area contributed by atoms with Crippen molar-refractivity contribution in [3.05, 3.63) is 11.1 Å². The minimum absolute atomic E-state index is 0.560. The van der Waals surface area contributed by atoms with Crippen LogP contribution in [0.4, 0.5) is 5.13 Å². The molecule has 1 aliphatic carbocycles. The Kier molecular flexibility index (Phi) is 3.81. The Morgan fingerprint density at radius 3 is 2.79 bits per heavy atom. The number of aromatic nitrogens is 1. The average Bonchev–Trinajstić information content (AvgIpc) is 3.15. The summed E-state index contributed by atoms with van der Waals surface area (Å²) in [5.74, 6) is 0. The van der Waals surface area contributed by atoms with Gasteiger partial charge in [0.15, 0.2) is 5.13 Å². The van der Waals surface area contributed by atoms with Gasteiger partial charge >= 0.3 is 0 Å². The summed E-state index contributed by atoms with van der Waals surface area (Å²) in [6.45, 7) is 8.10. The molecule has 1 N–H and O–H groups in total. The summed E-state index contributed by atoms with van der Waals surface area (Å²) >= 11 is 1.87. The molecule has 0 amide bonds. The highest BCUT2D eigenvalue weighted by atomic mass is 32.1. The fourth-order valence-corrected chi connectivity index (χ4v) is 3.56. The van der Waals surface area contributed by atoms with Crippen molar-refractivity contribution < 1.29 is 0 Å². The number of hydrogen-bond acceptors (Lipinski definition) is 4. The van der Waals surface area contributed by atoms with Crippen LogP contribution in [0.1, 0.15) is 50.8 Å². The molecule has 0 unspecified atom stereocenters. The third-order valence-corrected chi connectivity index (χ3v) is 5.84. The third kappa shape index (κ3) is 3.29. The number of anilines is 1. The second-order valence-corrected chi connectivity index (χ2v) is 7.51. The molecule has 2 fully saturated rings. The lowest BCUT2D eigenvalue weighted by Gasteiger charge is -2.38. The highest BCUT2D eigenvalue weighted by Crippen LogP contribution is 2.36. The first-order chi connectivity index (χ1) is 9.18. The molecule has 2 heterocycles. The normalized spacial score (nSPS) is 22.7. The summed E-state index contributed by atoms with van der Waals surface area (Å²) in [4.78, 5) is 8.47. The molecule has 106 valence electrons. The monoisotopic (exact) mass is 279 g/mol. The van der Waals surface area contributed by atoms with E-state index in [0.717, 1.165) is 12.6 Å². The van der Waals surface area contributed by atoms with Crippen molar-refractivity contribution in [3.63, 3.8) is 0 Å². The van der Waals surface area contributed by atoms with Crippen LogP contribution in [0.15, 0.2) is 6.20 Å². The predicted molar refractivity (Wildman–Crippen MR) is 81.8 cm³/mol. The summed E-state index contributed by atoms with van der Waals surface area (Å²) in [5.41, 5.74) is 0.560. The molecule has 1 saturated heterocycles. The molecule has 2 aliphatic rings. The van der Waals surface area contributed by atoms with Gasteiger partial charge in [-0.1, -0.05) is 20.3 Å². The van der Waals surface area contributed by atoms with Gasteiger partial charge in [0.25, 0.3) is 0 Å². The molecular weight excluding hydrogens is 254 g/mol. The molecule has 0 radical (unpaired) electrons. The first-order valence-electron chi connectivity index (χ1n) is 7.61. The number of piperidine rings is 1. The summed E-state index contributed by atoms with van der Waals surface area (Å²) in [5, 5.41) is 4.79. The Labute approximate surface area is 120 Å². The minimum atomic E-state index is 0.560. The molecule has 0 atom stereocenters. The summed E-state index contributed by atoms with van der Waals surface area (Å²) in [6, 6.07) is 0.783. The first kappa shape index (κ1) is 13.4. The molecule has 1 aromatic heterocycles. The van der Waals surface area contributed by atoms with Gasteiger partial charge in [0.05, 0.1) is 0 Å². The van der Waals surface area contributed by atoms with Crippen LogP contribution >= 0.6 is 11.3 Å². The van der Waals surface area contributed by atoms with Crippen LogP contribution in [-0.2, 0) is 6.54 Å². The minimum Gasteiger partial charge on any atom is -0.348 e. The van der Waals surface area contributed by atoms with E-state index in [1.165, 1.54) is 55.2 Å². The number of hydrogen-bond donors (Lipinski definition) is 1. The molecule has 19 heavy (non-hydrogen) atoms. The summed E-state index contributed by atoms with van der Waals surface area (Å²) in [6.07, 6.45) is 8.68. The maximum Gasteiger partial charge on any atom is 0.185 e. The fourth-order valence-electron chi connectivity index (χ4n) is 2.65. The van der Waals surface area contributed by atoms with Crippen molar-refractivity contribution in [1.82, 2.24) is 10.3 Å². The van der Waals surface area contributed by atoms with E-state index in [4.69, 9.17) is 0 Å². The van der Waals surface area contributed by atoms with Gasteiger partial charge in [-0.05, 0) is 31.1 Å². The van der Waals surface area contributed by atoms with Gasteiger partial charge in [0, 0.05) is 36.8 Å². The Hall–Kier alpha value is -0.610. The SMILES string of the molecule is CCC1(C)CCN(c2ncc(CNC3CC3)s2)CC1. The van der Waals surface area contributed by atoms with E-state index in [1.54, 1.807) is 0 Å². The zero-order valence-electron chi connectivity index (χ0n) is 12.1. The van der Waals surface area contributed by atoms with Gasteiger partial charge in [-0.15, -0.1) is 11.3 Å². The highest BCUT2D eigenvalue weighted by Gasteiger charge is 2.29. The van der Waals surface area contributed by atoms with Gasteiger partial charge in [-0.3, -0.25) is 0 Å². The van der Waals surface area contributed by atoms with E-state index >= 15 is 0 Å². The summed E-state index contributed by atoms with van der Waals surface area (Å²) < 4.78 is 0. The fraction of sp³-hybridized carbons (Fsp3) is 0.800. The Balaban J connectivity index is 1.54. The lowest BCUT2D eigenvalue weighted by molar-refractivity contribution is 0.238. The van der Waals surface area contributed by atoms with Gasteiger partial charge in [0.2, 0.25) is 0 Å². The van der Waals surface area contributed by atoms with Crippen LogP contribution in [0.3, 0.4) is 0 Å². The van der Waals surface area contributed by atoms with Crippen molar-refractivity contribution in [2.24, 2.45) is 5.41 Å². The number of nitrogens with zero attached hydrogens (tertiary/aromatic N) is 2. The zero-order valence-corrected chi connectivity index (χ0v) is 12.9. The molecule has 0 aromatic carbocycles. The van der Waals surface area contributed by atoms with Crippen LogP contribution < -0.4 is 10.2 Å². The van der Waals surface area contributed by atoms with Gasteiger partial charge < -0.3 is 10.2 Å². The lowest BCUT2D eigenvalue weighted by atomic mass is 9.78. The largest absolute Gasteiger partial charge is 0.348 e. The second-order valence-electron chi connectivity index (χ2n) is 6.42. The number of thiazole rings is 1. The Morgan fingerprint density at radius 1 is 1.42 bits per heavy atom. The molecule has 4 heteroatoms. The Bertz CT molecular complexity index is 417. The highest BCUT2D eigenvalue weighted by molar-refractivity contribution is 7.15. The van der Waals surface area contributed by atoms with Crippen molar-refractivity contribution in [1.29, 1.82) is 0 Å². The topological polar surface area (TPSA) is 28.2 Å². The van der Waals surface area contributed by atoms with Gasteiger partial charge in [-0.2, -0.15) is 0 Å². The van der Waals surface area contributed by atoms with E-state index in [2.05, 4.69) is 35.2 Å². The van der Waals surface area contributed by atoms with Crippen molar-refractivity contribution >= 4 is 16.5 Å². The maximum absolute atomic E-state index is 4.62. The van der Waals surface area contributed by atoms with E-state index in [0.29, 0.717) is 5.41 Å². The predicted octanol–water partition coefficient (Wildman–Crippen LogP) is 3.41. The van der Waals surface area contributed by atoms with Crippen LogP contribution in [-0.4, -0.2) is 24.1 Å². The molecule has 0 bridgehead atoms. The Morgan fingerprint density at radius 2 is 2.16 bits per heavy atom. The van der Waals surface area contributed by atoms with Crippen molar-refractivity contribution in [3.8, 4) is 0 Å². The van der Waals surface area contributed by atoms with Crippen LogP contribution in [0.5, 0.6) is 0 Å². The van der Waals surface area contributed by atoms with Crippen LogP contribution in [0, 0.1) is 5.41 Å². The molecule has 3 rings (SSSR count). The molecular formula is C15H25N3S. The van der Waals surface area contributed by atoms with Crippen LogP contribution in [0.25, 0.3) is 0 Å². The van der Waals surface area contributed by atoms with Crippen molar-refractivity contribution in [2.75, 3.05) is 18.0 Å². The average molecular weight is 279 g/mol.